The van der Waals surface area contributed by atoms with Crippen LogP contribution in [0.5, 0.6) is 0 Å². The summed E-state index contributed by atoms with van der Waals surface area (Å²) in [5.74, 6) is 0.271. The summed E-state index contributed by atoms with van der Waals surface area (Å²) in [5, 5.41) is 8.06. The first kappa shape index (κ1) is 18.1. The van der Waals surface area contributed by atoms with E-state index in [1.807, 2.05) is 28.8 Å². The van der Waals surface area contributed by atoms with Crippen LogP contribution in [0.15, 0.2) is 48.5 Å². The molecule has 2 amide bonds. The number of hydrogen-bond donors (Lipinski definition) is 1. The van der Waals surface area contributed by atoms with Crippen molar-refractivity contribution in [2.45, 2.75) is 13.0 Å². The number of fused-ring (bicyclic) bond motifs is 3. The van der Waals surface area contributed by atoms with E-state index in [2.05, 4.69) is 15.4 Å². The summed E-state index contributed by atoms with van der Waals surface area (Å²) in [6, 6.07) is 13.0. The fourth-order valence-corrected chi connectivity index (χ4v) is 4.60. The molecule has 5 rings (SSSR count). The summed E-state index contributed by atoms with van der Waals surface area (Å²) in [6.45, 7) is 1.03. The summed E-state index contributed by atoms with van der Waals surface area (Å²) in [5.41, 5.74) is 2.43. The van der Waals surface area contributed by atoms with E-state index in [-0.39, 0.29) is 11.8 Å². The molecule has 6 nitrogen and oxygen atoms in total. The lowest BCUT2D eigenvalue weighted by Gasteiger charge is -2.26. The van der Waals surface area contributed by atoms with Crippen molar-refractivity contribution in [2.24, 2.45) is 0 Å². The van der Waals surface area contributed by atoms with Crippen molar-refractivity contribution < 1.29 is 9.18 Å². The van der Waals surface area contributed by atoms with E-state index in [1.54, 1.807) is 17.0 Å². The Bertz CT molecular complexity index is 1220. The SMILES string of the molecule is O=C(Nc1cccc(F)c1)N1CCc2c(sc3nc(-c4ccc(Cl)cc4)nn23)C1. The zero-order valence-corrected chi connectivity index (χ0v) is 16.7. The van der Waals surface area contributed by atoms with Gasteiger partial charge in [0.05, 0.1) is 12.2 Å². The van der Waals surface area contributed by atoms with Crippen molar-refractivity contribution in [1.82, 2.24) is 19.5 Å². The minimum Gasteiger partial charge on any atom is -0.319 e. The molecule has 0 bridgehead atoms. The van der Waals surface area contributed by atoms with Crippen LogP contribution >= 0.6 is 22.9 Å². The molecule has 0 saturated carbocycles. The Morgan fingerprint density at radius 1 is 1.21 bits per heavy atom. The Kier molecular flexibility index (Phi) is 4.44. The molecule has 0 fully saturated rings. The molecule has 1 aliphatic rings. The van der Waals surface area contributed by atoms with E-state index in [0.717, 1.165) is 21.1 Å². The average Bonchev–Trinajstić information content (AvgIpc) is 3.26. The number of aromatic nitrogens is 3. The van der Waals surface area contributed by atoms with Crippen molar-refractivity contribution in [2.75, 3.05) is 11.9 Å². The molecule has 0 aliphatic carbocycles. The van der Waals surface area contributed by atoms with Gasteiger partial charge in [-0.3, -0.25) is 0 Å². The number of amides is 2. The van der Waals surface area contributed by atoms with Gasteiger partial charge in [0.2, 0.25) is 4.96 Å². The highest BCUT2D eigenvalue weighted by Crippen LogP contribution is 2.30. The lowest BCUT2D eigenvalue weighted by molar-refractivity contribution is 0.206. The highest BCUT2D eigenvalue weighted by molar-refractivity contribution is 7.17. The third kappa shape index (κ3) is 3.45. The van der Waals surface area contributed by atoms with Gasteiger partial charge in [0.15, 0.2) is 5.82 Å². The molecule has 29 heavy (non-hydrogen) atoms. The van der Waals surface area contributed by atoms with Crippen LogP contribution in [0.3, 0.4) is 0 Å². The monoisotopic (exact) mass is 427 g/mol. The number of benzene rings is 2. The topological polar surface area (TPSA) is 62.5 Å². The Morgan fingerprint density at radius 3 is 2.83 bits per heavy atom. The van der Waals surface area contributed by atoms with Crippen molar-refractivity contribution in [3.63, 3.8) is 0 Å². The van der Waals surface area contributed by atoms with E-state index in [0.29, 0.717) is 36.0 Å². The van der Waals surface area contributed by atoms with E-state index in [9.17, 15) is 9.18 Å². The Balaban J connectivity index is 1.36. The second-order valence-corrected chi connectivity index (χ2v) is 8.22. The molecule has 0 unspecified atom stereocenters. The third-order valence-electron chi connectivity index (χ3n) is 4.79. The number of urea groups is 1. The average molecular weight is 428 g/mol. The summed E-state index contributed by atoms with van der Waals surface area (Å²) in [4.78, 5) is 20.8. The van der Waals surface area contributed by atoms with Crippen molar-refractivity contribution in [3.8, 4) is 11.4 Å². The number of carbonyl (C=O) groups is 1. The molecule has 1 aliphatic heterocycles. The Labute approximate surface area is 174 Å². The maximum atomic E-state index is 13.3. The third-order valence-corrected chi connectivity index (χ3v) is 6.10. The molecule has 0 radical (unpaired) electrons. The van der Waals surface area contributed by atoms with Crippen molar-refractivity contribution >= 4 is 39.6 Å². The molecule has 1 N–H and O–H groups in total. The van der Waals surface area contributed by atoms with Gasteiger partial charge in [0.25, 0.3) is 0 Å². The molecule has 4 aromatic rings. The highest BCUT2D eigenvalue weighted by atomic mass is 35.5. The molecule has 2 aromatic carbocycles. The molecule has 0 saturated heterocycles. The molecule has 0 atom stereocenters. The van der Waals surface area contributed by atoms with Gasteiger partial charge in [0, 0.05) is 34.1 Å². The zero-order chi connectivity index (χ0) is 20.0. The number of nitrogens with one attached hydrogen (secondary N) is 1. The van der Waals surface area contributed by atoms with Crippen LogP contribution in [0.1, 0.15) is 10.6 Å². The van der Waals surface area contributed by atoms with Crippen LogP contribution in [0.25, 0.3) is 16.3 Å². The van der Waals surface area contributed by atoms with Crippen LogP contribution in [0.2, 0.25) is 5.02 Å². The number of thiazole rings is 1. The fourth-order valence-electron chi connectivity index (χ4n) is 3.35. The van der Waals surface area contributed by atoms with Crippen LogP contribution in [0.4, 0.5) is 14.9 Å². The molecular formula is C20H15ClFN5OS. The maximum Gasteiger partial charge on any atom is 0.322 e. The second kappa shape index (κ2) is 7.13. The smallest absolute Gasteiger partial charge is 0.319 e. The molecule has 3 heterocycles. The van der Waals surface area contributed by atoms with Gasteiger partial charge >= 0.3 is 6.03 Å². The number of carbonyl (C=O) groups excluding carboxylic acids is 1. The van der Waals surface area contributed by atoms with Gasteiger partial charge in [0.1, 0.15) is 5.82 Å². The molecule has 146 valence electrons. The normalized spacial score (nSPS) is 13.5. The van der Waals surface area contributed by atoms with Gasteiger partial charge in [-0.15, -0.1) is 5.10 Å². The van der Waals surface area contributed by atoms with Crippen molar-refractivity contribution in [3.05, 3.63) is 69.9 Å². The maximum absolute atomic E-state index is 13.3. The van der Waals surface area contributed by atoms with E-state index >= 15 is 0 Å². The summed E-state index contributed by atoms with van der Waals surface area (Å²) in [7, 11) is 0. The van der Waals surface area contributed by atoms with E-state index < -0.39 is 0 Å². The van der Waals surface area contributed by atoms with Crippen LogP contribution in [0, 0.1) is 5.82 Å². The lowest BCUT2D eigenvalue weighted by Crippen LogP contribution is -2.38. The number of nitrogens with zero attached hydrogens (tertiary/aromatic N) is 4. The number of hydrogen-bond acceptors (Lipinski definition) is 4. The van der Waals surface area contributed by atoms with Crippen molar-refractivity contribution in [1.29, 1.82) is 0 Å². The van der Waals surface area contributed by atoms with Gasteiger partial charge in [-0.05, 0) is 42.5 Å². The number of halogens is 2. The second-order valence-electron chi connectivity index (χ2n) is 6.72. The summed E-state index contributed by atoms with van der Waals surface area (Å²) in [6.07, 6.45) is 0.676. The highest BCUT2D eigenvalue weighted by Gasteiger charge is 2.26. The minimum absolute atomic E-state index is 0.248. The lowest BCUT2D eigenvalue weighted by atomic mass is 10.2. The summed E-state index contributed by atoms with van der Waals surface area (Å²) >= 11 is 7.48. The quantitative estimate of drug-likeness (QED) is 0.498. The summed E-state index contributed by atoms with van der Waals surface area (Å²) < 4.78 is 15.2. The Morgan fingerprint density at radius 2 is 2.03 bits per heavy atom. The van der Waals surface area contributed by atoms with Gasteiger partial charge < -0.3 is 10.2 Å². The van der Waals surface area contributed by atoms with Crippen LogP contribution in [-0.2, 0) is 13.0 Å². The minimum atomic E-state index is -0.384. The number of rotatable bonds is 2. The first-order valence-corrected chi connectivity index (χ1v) is 10.2. The van der Waals surface area contributed by atoms with E-state index in [4.69, 9.17) is 11.6 Å². The molecule has 9 heteroatoms. The van der Waals surface area contributed by atoms with Gasteiger partial charge in [-0.1, -0.05) is 29.0 Å². The molecule has 0 spiro atoms. The standard InChI is InChI=1S/C20H15ClFN5OS/c21-13-6-4-12(5-7-13)18-24-20-27(25-18)16-8-9-26(11-17(16)29-20)19(28)23-15-3-1-2-14(22)10-15/h1-7,10H,8-9,11H2,(H,23,28). The number of anilines is 1. The van der Waals surface area contributed by atoms with Gasteiger partial charge in [-0.2, -0.15) is 4.98 Å². The molecule has 2 aromatic heterocycles. The van der Waals surface area contributed by atoms with Crippen LogP contribution in [-0.4, -0.2) is 32.1 Å². The zero-order valence-electron chi connectivity index (χ0n) is 15.1. The van der Waals surface area contributed by atoms with E-state index in [1.165, 1.54) is 23.5 Å². The Hall–Kier alpha value is -2.97. The largest absolute Gasteiger partial charge is 0.322 e. The van der Waals surface area contributed by atoms with Gasteiger partial charge in [-0.25, -0.2) is 13.7 Å². The first-order valence-electron chi connectivity index (χ1n) is 9.01. The van der Waals surface area contributed by atoms with Crippen LogP contribution < -0.4 is 5.32 Å². The predicted molar refractivity (Wildman–Crippen MR) is 111 cm³/mol. The first-order chi connectivity index (χ1) is 14.1. The predicted octanol–water partition coefficient (Wildman–Crippen LogP) is 4.84. The fraction of sp³-hybridized carbons (Fsp3) is 0.150. The molecular weight excluding hydrogens is 413 g/mol.